The van der Waals surface area contributed by atoms with Crippen molar-refractivity contribution in [3.8, 4) is 17.5 Å². The van der Waals surface area contributed by atoms with Gasteiger partial charge in [0.25, 0.3) is 0 Å². The molecule has 6 heteroatoms. The molecule has 0 fully saturated rings. The standard InChI is InChI=1S/C13H13N3O3/c1-9-5-6-11(8-10(9)4-2-3-7-17)16-12(18)14-15-13(16)19/h5-6,8,17H,3,7H2,1H3,(H,14,18)(H,15,19). The molecule has 0 atom stereocenters. The first kappa shape index (κ1) is 12.9. The summed E-state index contributed by atoms with van der Waals surface area (Å²) in [7, 11) is 0. The number of benzene rings is 1. The molecule has 0 radical (unpaired) electrons. The fourth-order valence-electron chi connectivity index (χ4n) is 1.64. The van der Waals surface area contributed by atoms with Crippen molar-refractivity contribution in [2.75, 3.05) is 6.61 Å². The lowest BCUT2D eigenvalue weighted by Gasteiger charge is -2.03. The van der Waals surface area contributed by atoms with E-state index in [0.717, 1.165) is 15.7 Å². The maximum atomic E-state index is 11.5. The Morgan fingerprint density at radius 1 is 1.26 bits per heavy atom. The zero-order valence-electron chi connectivity index (χ0n) is 10.4. The predicted octanol–water partition coefficient (Wildman–Crippen LogP) is -0.104. The molecular formula is C13H13N3O3. The van der Waals surface area contributed by atoms with Crippen molar-refractivity contribution in [3.63, 3.8) is 0 Å². The smallest absolute Gasteiger partial charge is 0.348 e. The minimum Gasteiger partial charge on any atom is -0.395 e. The fourth-order valence-corrected chi connectivity index (χ4v) is 1.64. The molecular weight excluding hydrogens is 246 g/mol. The average Bonchev–Trinajstić information content (AvgIpc) is 2.72. The van der Waals surface area contributed by atoms with Gasteiger partial charge in [0.2, 0.25) is 0 Å². The van der Waals surface area contributed by atoms with Crippen LogP contribution >= 0.6 is 0 Å². The fraction of sp³-hybridized carbons (Fsp3) is 0.231. The van der Waals surface area contributed by atoms with Crippen molar-refractivity contribution in [2.24, 2.45) is 0 Å². The third-order valence-electron chi connectivity index (χ3n) is 2.62. The zero-order valence-corrected chi connectivity index (χ0v) is 10.4. The average molecular weight is 259 g/mol. The molecule has 0 unspecified atom stereocenters. The molecule has 1 aromatic heterocycles. The normalized spacial score (nSPS) is 10.0. The Morgan fingerprint density at radius 3 is 2.58 bits per heavy atom. The van der Waals surface area contributed by atoms with E-state index in [1.807, 2.05) is 6.92 Å². The summed E-state index contributed by atoms with van der Waals surface area (Å²) in [6.45, 7) is 1.89. The van der Waals surface area contributed by atoms with Crippen LogP contribution in [0.4, 0.5) is 0 Å². The number of nitrogens with zero attached hydrogens (tertiary/aromatic N) is 1. The van der Waals surface area contributed by atoms with Crippen molar-refractivity contribution in [3.05, 3.63) is 50.3 Å². The monoisotopic (exact) mass is 259 g/mol. The summed E-state index contributed by atoms with van der Waals surface area (Å²) >= 11 is 0. The van der Waals surface area contributed by atoms with Crippen LogP contribution in [0.5, 0.6) is 0 Å². The maximum Gasteiger partial charge on any atom is 0.348 e. The first-order valence-electron chi connectivity index (χ1n) is 5.74. The Balaban J connectivity index is 2.51. The van der Waals surface area contributed by atoms with Crippen LogP contribution in [0.1, 0.15) is 17.5 Å². The predicted molar refractivity (Wildman–Crippen MR) is 70.3 cm³/mol. The van der Waals surface area contributed by atoms with Gasteiger partial charge < -0.3 is 5.11 Å². The number of rotatable bonds is 2. The molecule has 0 bridgehead atoms. The Kier molecular flexibility index (Phi) is 3.68. The summed E-state index contributed by atoms with van der Waals surface area (Å²) in [5.41, 5.74) is 1.06. The van der Waals surface area contributed by atoms with Gasteiger partial charge in [0.05, 0.1) is 12.3 Å². The summed E-state index contributed by atoms with van der Waals surface area (Å²) in [4.78, 5) is 23.0. The molecule has 0 saturated heterocycles. The number of hydrogen-bond donors (Lipinski definition) is 3. The van der Waals surface area contributed by atoms with Gasteiger partial charge in [-0.15, -0.1) is 0 Å². The minimum atomic E-state index is -0.525. The van der Waals surface area contributed by atoms with E-state index in [1.54, 1.807) is 18.2 Å². The maximum absolute atomic E-state index is 11.5. The quantitative estimate of drug-likeness (QED) is 0.657. The van der Waals surface area contributed by atoms with E-state index in [4.69, 9.17) is 5.11 Å². The molecule has 0 saturated carbocycles. The summed E-state index contributed by atoms with van der Waals surface area (Å²) in [5, 5.41) is 13.1. The van der Waals surface area contributed by atoms with E-state index in [1.165, 1.54) is 0 Å². The number of aryl methyl sites for hydroxylation is 1. The number of aromatic nitrogens is 3. The highest BCUT2D eigenvalue weighted by molar-refractivity contribution is 5.48. The topological polar surface area (TPSA) is 90.9 Å². The van der Waals surface area contributed by atoms with E-state index in [2.05, 4.69) is 22.0 Å². The van der Waals surface area contributed by atoms with E-state index in [-0.39, 0.29) is 6.61 Å². The Bertz CT molecular complexity index is 728. The van der Waals surface area contributed by atoms with Crippen molar-refractivity contribution >= 4 is 0 Å². The number of aliphatic hydroxyl groups excluding tert-OH is 1. The van der Waals surface area contributed by atoms with Crippen LogP contribution in [0, 0.1) is 18.8 Å². The van der Waals surface area contributed by atoms with Crippen molar-refractivity contribution in [2.45, 2.75) is 13.3 Å². The summed E-state index contributed by atoms with van der Waals surface area (Å²) in [6, 6.07) is 5.14. The van der Waals surface area contributed by atoms with Gasteiger partial charge in [0, 0.05) is 12.0 Å². The number of nitrogens with one attached hydrogen (secondary N) is 2. The molecule has 3 N–H and O–H groups in total. The van der Waals surface area contributed by atoms with Gasteiger partial charge in [-0.1, -0.05) is 17.9 Å². The summed E-state index contributed by atoms with van der Waals surface area (Å²) < 4.78 is 0.997. The highest BCUT2D eigenvalue weighted by atomic mass is 16.2. The first-order chi connectivity index (χ1) is 9.13. The largest absolute Gasteiger partial charge is 0.395 e. The molecule has 1 heterocycles. The molecule has 0 aliphatic carbocycles. The van der Waals surface area contributed by atoms with Crippen molar-refractivity contribution in [1.29, 1.82) is 0 Å². The lowest BCUT2D eigenvalue weighted by molar-refractivity contribution is 0.305. The van der Waals surface area contributed by atoms with Crippen molar-refractivity contribution < 1.29 is 5.11 Å². The third kappa shape index (κ3) is 2.67. The lowest BCUT2D eigenvalue weighted by atomic mass is 10.1. The Hall–Kier alpha value is -2.52. The van der Waals surface area contributed by atoms with Gasteiger partial charge in [-0.25, -0.2) is 24.4 Å². The molecule has 0 aliphatic heterocycles. The van der Waals surface area contributed by atoms with E-state index in [0.29, 0.717) is 12.1 Å². The molecule has 0 spiro atoms. The van der Waals surface area contributed by atoms with Crippen LogP contribution < -0.4 is 11.4 Å². The van der Waals surface area contributed by atoms with Gasteiger partial charge in [-0.2, -0.15) is 0 Å². The third-order valence-corrected chi connectivity index (χ3v) is 2.62. The molecule has 2 aromatic rings. The molecule has 0 amide bonds. The van der Waals surface area contributed by atoms with E-state index in [9.17, 15) is 9.59 Å². The Morgan fingerprint density at radius 2 is 1.95 bits per heavy atom. The summed E-state index contributed by atoms with van der Waals surface area (Å²) in [6.07, 6.45) is 0.383. The number of aliphatic hydroxyl groups is 1. The molecule has 6 nitrogen and oxygen atoms in total. The van der Waals surface area contributed by atoms with E-state index >= 15 is 0 Å². The molecule has 2 rings (SSSR count). The highest BCUT2D eigenvalue weighted by Gasteiger charge is 2.07. The van der Waals surface area contributed by atoms with Crippen molar-refractivity contribution in [1.82, 2.24) is 14.8 Å². The van der Waals surface area contributed by atoms with Crippen LogP contribution in [-0.2, 0) is 0 Å². The van der Waals surface area contributed by atoms with Crippen LogP contribution in [0.15, 0.2) is 27.8 Å². The highest BCUT2D eigenvalue weighted by Crippen LogP contribution is 2.11. The second-order valence-corrected chi connectivity index (χ2v) is 3.97. The van der Waals surface area contributed by atoms with Gasteiger partial charge in [-0.3, -0.25) is 0 Å². The van der Waals surface area contributed by atoms with Crippen LogP contribution in [0.25, 0.3) is 5.69 Å². The first-order valence-corrected chi connectivity index (χ1v) is 5.74. The van der Waals surface area contributed by atoms with Gasteiger partial charge in [-0.05, 0) is 24.6 Å². The van der Waals surface area contributed by atoms with Crippen LogP contribution in [-0.4, -0.2) is 26.5 Å². The second-order valence-electron chi connectivity index (χ2n) is 3.97. The van der Waals surface area contributed by atoms with E-state index < -0.39 is 11.4 Å². The second kappa shape index (κ2) is 5.42. The Labute approximate surface area is 108 Å². The number of aromatic amines is 2. The van der Waals surface area contributed by atoms with Gasteiger partial charge in [0.1, 0.15) is 0 Å². The summed E-state index contributed by atoms with van der Waals surface area (Å²) in [5.74, 6) is 5.72. The SMILES string of the molecule is Cc1ccc(-n2c(=O)[nH][nH]c2=O)cc1C#CCCO. The number of hydrogen-bond acceptors (Lipinski definition) is 3. The molecule has 1 aromatic carbocycles. The number of H-pyrrole nitrogens is 2. The molecule has 19 heavy (non-hydrogen) atoms. The lowest BCUT2D eigenvalue weighted by Crippen LogP contribution is -2.24. The van der Waals surface area contributed by atoms with Gasteiger partial charge >= 0.3 is 11.4 Å². The minimum absolute atomic E-state index is 0.00265. The van der Waals surface area contributed by atoms with Gasteiger partial charge in [0.15, 0.2) is 0 Å². The van der Waals surface area contributed by atoms with Crippen LogP contribution in [0.3, 0.4) is 0 Å². The molecule has 0 aliphatic rings. The molecule has 98 valence electrons. The zero-order chi connectivity index (χ0) is 13.8. The van der Waals surface area contributed by atoms with Crippen LogP contribution in [0.2, 0.25) is 0 Å².